The Hall–Kier alpha value is -0.950. The van der Waals surface area contributed by atoms with E-state index in [1.165, 1.54) is 0 Å². The Morgan fingerprint density at radius 2 is 2.17 bits per heavy atom. The van der Waals surface area contributed by atoms with Gasteiger partial charge >= 0.3 is 0 Å². The lowest BCUT2D eigenvalue weighted by atomic mass is 10.3. The van der Waals surface area contributed by atoms with Crippen molar-refractivity contribution >= 4 is 31.9 Å². The second-order valence-electron chi connectivity index (χ2n) is 3.68. The van der Waals surface area contributed by atoms with Crippen LogP contribution in [0.25, 0.3) is 0 Å². The van der Waals surface area contributed by atoms with Crippen LogP contribution in [-0.4, -0.2) is 20.2 Å². The number of tetrazole rings is 1. The molecule has 18 heavy (non-hydrogen) atoms. The molecule has 0 aliphatic heterocycles. The minimum absolute atomic E-state index is 0.354. The summed E-state index contributed by atoms with van der Waals surface area (Å²) in [5.74, 6) is 1.50. The van der Waals surface area contributed by atoms with Gasteiger partial charge in [0, 0.05) is 11.0 Å². The number of hydrogen-bond donors (Lipinski definition) is 0. The molecule has 0 saturated heterocycles. The van der Waals surface area contributed by atoms with Crippen molar-refractivity contribution in [1.29, 1.82) is 0 Å². The predicted molar refractivity (Wildman–Crippen MR) is 74.3 cm³/mol. The quantitative estimate of drug-likeness (QED) is 0.805. The van der Waals surface area contributed by atoms with E-state index < -0.39 is 0 Å². The zero-order valence-electron chi connectivity index (χ0n) is 9.81. The van der Waals surface area contributed by atoms with Gasteiger partial charge < -0.3 is 4.74 Å². The zero-order valence-corrected chi connectivity index (χ0v) is 13.0. The molecule has 0 bridgehead atoms. The molecule has 2 aromatic rings. The summed E-state index contributed by atoms with van der Waals surface area (Å²) in [5.41, 5.74) is 0. The van der Waals surface area contributed by atoms with Crippen LogP contribution < -0.4 is 4.74 Å². The number of nitrogens with zero attached hydrogens (tertiary/aromatic N) is 4. The summed E-state index contributed by atoms with van der Waals surface area (Å²) in [4.78, 5) is 0. The van der Waals surface area contributed by atoms with Gasteiger partial charge in [0.2, 0.25) is 0 Å². The normalized spacial score (nSPS) is 10.6. The molecular formula is C11H12Br2N4O. The summed E-state index contributed by atoms with van der Waals surface area (Å²) in [6, 6.07) is 5.75. The fraction of sp³-hybridized carbons (Fsp3) is 0.364. The molecule has 0 atom stereocenters. The average molecular weight is 376 g/mol. The van der Waals surface area contributed by atoms with Crippen LogP contribution in [0.3, 0.4) is 0 Å². The number of aryl methyl sites for hydroxylation is 1. The lowest BCUT2D eigenvalue weighted by Gasteiger charge is -2.08. The Kier molecular flexibility index (Phi) is 4.71. The highest BCUT2D eigenvalue weighted by Crippen LogP contribution is 2.28. The number of halogens is 2. The average Bonchev–Trinajstić information content (AvgIpc) is 2.76. The monoisotopic (exact) mass is 374 g/mol. The van der Waals surface area contributed by atoms with Gasteiger partial charge in [0.1, 0.15) is 12.4 Å². The van der Waals surface area contributed by atoms with Gasteiger partial charge in [0.25, 0.3) is 0 Å². The third-order valence-corrected chi connectivity index (χ3v) is 3.41. The summed E-state index contributed by atoms with van der Waals surface area (Å²) in [7, 11) is 0. The summed E-state index contributed by atoms with van der Waals surface area (Å²) in [6.07, 6.45) is 0.986. The molecule has 0 N–H and O–H groups in total. The maximum atomic E-state index is 5.69. The number of hydrogen-bond acceptors (Lipinski definition) is 4. The molecule has 0 saturated carbocycles. The van der Waals surface area contributed by atoms with Crippen LogP contribution in [0.4, 0.5) is 0 Å². The van der Waals surface area contributed by atoms with Crippen molar-refractivity contribution in [3.05, 3.63) is 33.0 Å². The number of aromatic nitrogens is 4. The van der Waals surface area contributed by atoms with Crippen LogP contribution in [0.1, 0.15) is 19.2 Å². The second-order valence-corrected chi connectivity index (χ2v) is 5.45. The highest BCUT2D eigenvalue weighted by molar-refractivity contribution is 9.11. The molecule has 0 fully saturated rings. The third kappa shape index (κ3) is 3.29. The molecule has 0 spiro atoms. The van der Waals surface area contributed by atoms with Gasteiger partial charge in [-0.3, -0.25) is 0 Å². The molecule has 0 aliphatic carbocycles. The van der Waals surface area contributed by atoms with Gasteiger partial charge in [0.15, 0.2) is 5.82 Å². The summed E-state index contributed by atoms with van der Waals surface area (Å²) >= 11 is 6.84. The van der Waals surface area contributed by atoms with Crippen molar-refractivity contribution in [2.45, 2.75) is 26.5 Å². The van der Waals surface area contributed by atoms with E-state index in [1.54, 1.807) is 4.68 Å². The number of benzene rings is 1. The summed E-state index contributed by atoms with van der Waals surface area (Å²) in [6.45, 7) is 3.23. The Balaban J connectivity index is 2.04. The first-order chi connectivity index (χ1) is 8.70. The van der Waals surface area contributed by atoms with Crippen molar-refractivity contribution in [3.8, 4) is 5.75 Å². The van der Waals surface area contributed by atoms with Crippen LogP contribution in [0.5, 0.6) is 5.75 Å². The van der Waals surface area contributed by atoms with Crippen molar-refractivity contribution in [2.75, 3.05) is 0 Å². The van der Waals surface area contributed by atoms with Crippen molar-refractivity contribution in [3.63, 3.8) is 0 Å². The highest BCUT2D eigenvalue weighted by atomic mass is 79.9. The second kappa shape index (κ2) is 6.29. The van der Waals surface area contributed by atoms with Crippen LogP contribution in [0.15, 0.2) is 27.1 Å². The van der Waals surface area contributed by atoms with Gasteiger partial charge in [-0.25, -0.2) is 4.68 Å². The fourth-order valence-corrected chi connectivity index (χ4v) is 2.61. The Morgan fingerprint density at radius 3 is 2.89 bits per heavy atom. The molecule has 7 heteroatoms. The van der Waals surface area contributed by atoms with Crippen LogP contribution in [0.2, 0.25) is 0 Å². The van der Waals surface area contributed by atoms with E-state index in [0.29, 0.717) is 6.61 Å². The summed E-state index contributed by atoms with van der Waals surface area (Å²) < 4.78 is 9.34. The lowest BCUT2D eigenvalue weighted by Crippen LogP contribution is -2.08. The van der Waals surface area contributed by atoms with E-state index in [-0.39, 0.29) is 0 Å². The molecule has 0 radical (unpaired) electrons. The zero-order chi connectivity index (χ0) is 13.0. The van der Waals surface area contributed by atoms with E-state index in [4.69, 9.17) is 4.74 Å². The van der Waals surface area contributed by atoms with E-state index in [9.17, 15) is 0 Å². The first-order valence-corrected chi connectivity index (χ1v) is 7.12. The summed E-state index contributed by atoms with van der Waals surface area (Å²) in [5, 5.41) is 11.5. The predicted octanol–water partition coefficient (Wildman–Crippen LogP) is 3.19. The molecule has 2 rings (SSSR count). The van der Waals surface area contributed by atoms with Crippen LogP contribution >= 0.6 is 31.9 Å². The fourth-order valence-electron chi connectivity index (χ4n) is 1.45. The van der Waals surface area contributed by atoms with Gasteiger partial charge in [-0.2, -0.15) is 0 Å². The van der Waals surface area contributed by atoms with Gasteiger partial charge in [-0.15, -0.1) is 5.10 Å². The molecule has 0 aliphatic rings. The van der Waals surface area contributed by atoms with E-state index in [2.05, 4.69) is 54.3 Å². The first kappa shape index (κ1) is 13.5. The van der Waals surface area contributed by atoms with E-state index >= 15 is 0 Å². The Morgan fingerprint density at radius 1 is 1.33 bits per heavy atom. The maximum absolute atomic E-state index is 5.69. The third-order valence-electron chi connectivity index (χ3n) is 2.29. The molecule has 1 heterocycles. The van der Waals surface area contributed by atoms with Crippen LogP contribution in [0, 0.1) is 0 Å². The molecule has 0 amide bonds. The Bertz CT molecular complexity index is 530. The van der Waals surface area contributed by atoms with Gasteiger partial charge in [-0.1, -0.05) is 22.9 Å². The van der Waals surface area contributed by atoms with Crippen LogP contribution in [-0.2, 0) is 13.2 Å². The number of ether oxygens (including phenoxy) is 1. The lowest BCUT2D eigenvalue weighted by molar-refractivity contribution is 0.284. The first-order valence-electron chi connectivity index (χ1n) is 5.53. The SMILES string of the molecule is CCCn1nnnc1COc1ccc(Br)cc1Br. The van der Waals surface area contributed by atoms with Gasteiger partial charge in [0.05, 0.1) is 4.47 Å². The largest absolute Gasteiger partial charge is 0.484 e. The van der Waals surface area contributed by atoms with Crippen molar-refractivity contribution in [2.24, 2.45) is 0 Å². The highest BCUT2D eigenvalue weighted by Gasteiger charge is 2.07. The van der Waals surface area contributed by atoms with Crippen molar-refractivity contribution in [1.82, 2.24) is 20.2 Å². The minimum Gasteiger partial charge on any atom is -0.484 e. The van der Waals surface area contributed by atoms with E-state index in [1.807, 2.05) is 18.2 Å². The Labute approximate surface area is 122 Å². The molecule has 1 aromatic heterocycles. The van der Waals surface area contributed by atoms with Gasteiger partial charge in [-0.05, 0) is 51.0 Å². The molecule has 5 nitrogen and oxygen atoms in total. The van der Waals surface area contributed by atoms with E-state index in [0.717, 1.165) is 33.5 Å². The smallest absolute Gasteiger partial charge is 0.189 e. The maximum Gasteiger partial charge on any atom is 0.189 e. The molecule has 1 aromatic carbocycles. The molecule has 96 valence electrons. The number of rotatable bonds is 5. The standard InChI is InChI=1S/C11H12Br2N4O/c1-2-5-17-11(14-15-16-17)7-18-10-4-3-8(12)6-9(10)13/h3-4,6H,2,5,7H2,1H3. The molecular weight excluding hydrogens is 364 g/mol. The van der Waals surface area contributed by atoms with Crippen molar-refractivity contribution < 1.29 is 4.74 Å². The molecule has 0 unspecified atom stereocenters. The minimum atomic E-state index is 0.354. The topological polar surface area (TPSA) is 52.8 Å².